The largest absolute Gasteiger partial charge is 0.423 e. The van der Waals surface area contributed by atoms with Crippen LogP contribution < -0.4 is 4.74 Å². The van der Waals surface area contributed by atoms with Crippen LogP contribution in [0.4, 0.5) is 0 Å². The highest BCUT2D eigenvalue weighted by Crippen LogP contribution is 2.15. The molecule has 4 nitrogen and oxygen atoms in total. The number of nitriles is 2. The topological polar surface area (TPSA) is 73.9 Å². The molecule has 4 heteroatoms. The predicted molar refractivity (Wildman–Crippen MR) is 91.5 cm³/mol. The first-order valence-electron chi connectivity index (χ1n) is 7.19. The van der Waals surface area contributed by atoms with Gasteiger partial charge in [-0.25, -0.2) is 4.79 Å². The van der Waals surface area contributed by atoms with Crippen molar-refractivity contribution in [3.05, 3.63) is 76.9 Å². The highest BCUT2D eigenvalue weighted by Gasteiger charge is 2.01. The molecule has 0 bridgehead atoms. The van der Waals surface area contributed by atoms with Crippen LogP contribution in [0, 0.1) is 29.6 Å². The van der Waals surface area contributed by atoms with Crippen LogP contribution >= 0.6 is 0 Å². The molecule has 0 unspecified atom stereocenters. The van der Waals surface area contributed by atoms with Crippen molar-refractivity contribution in [3.8, 4) is 17.9 Å². The first-order chi connectivity index (χ1) is 11.6. The van der Waals surface area contributed by atoms with Crippen molar-refractivity contribution < 1.29 is 9.53 Å². The number of carbonyl (C=O) groups excluding carboxylic acids is 1. The zero-order valence-corrected chi connectivity index (χ0v) is 13.1. The minimum Gasteiger partial charge on any atom is -0.423 e. The fourth-order valence-electron chi connectivity index (χ4n) is 1.88. The van der Waals surface area contributed by atoms with E-state index >= 15 is 0 Å². The minimum atomic E-state index is -0.478. The van der Waals surface area contributed by atoms with Gasteiger partial charge in [-0.1, -0.05) is 42.0 Å². The number of rotatable bonds is 4. The van der Waals surface area contributed by atoms with E-state index in [0.29, 0.717) is 11.3 Å². The summed E-state index contributed by atoms with van der Waals surface area (Å²) in [6, 6.07) is 17.9. The van der Waals surface area contributed by atoms with Crippen LogP contribution in [-0.4, -0.2) is 5.97 Å². The molecule has 24 heavy (non-hydrogen) atoms. The lowest BCUT2D eigenvalue weighted by atomic mass is 10.1. The van der Waals surface area contributed by atoms with Gasteiger partial charge in [-0.05, 0) is 42.3 Å². The fraction of sp³-hybridized carbons (Fsp3) is 0.0500. The maximum atomic E-state index is 11.8. The summed E-state index contributed by atoms with van der Waals surface area (Å²) in [6.07, 6.45) is 4.51. The summed E-state index contributed by atoms with van der Waals surface area (Å²) in [7, 11) is 0. The third-order valence-corrected chi connectivity index (χ3v) is 3.14. The molecule has 0 aromatic heterocycles. The van der Waals surface area contributed by atoms with E-state index in [2.05, 4.69) is 0 Å². The summed E-state index contributed by atoms with van der Waals surface area (Å²) in [5.41, 5.74) is 2.77. The van der Waals surface area contributed by atoms with Crippen molar-refractivity contribution in [2.24, 2.45) is 0 Å². The summed E-state index contributed by atoms with van der Waals surface area (Å²) >= 11 is 0. The highest BCUT2D eigenvalue weighted by atomic mass is 16.5. The second-order valence-corrected chi connectivity index (χ2v) is 5.02. The molecular formula is C20H14N2O2. The Labute approximate surface area is 140 Å². The van der Waals surface area contributed by atoms with Gasteiger partial charge in [-0.2, -0.15) is 10.5 Å². The number of ether oxygens (including phenoxy) is 1. The maximum Gasteiger partial charge on any atom is 0.336 e. The van der Waals surface area contributed by atoms with E-state index in [4.69, 9.17) is 15.3 Å². The van der Waals surface area contributed by atoms with Gasteiger partial charge >= 0.3 is 5.97 Å². The van der Waals surface area contributed by atoms with Gasteiger partial charge in [0, 0.05) is 6.08 Å². The molecule has 0 aliphatic heterocycles. The number of esters is 1. The van der Waals surface area contributed by atoms with E-state index in [-0.39, 0.29) is 5.57 Å². The molecule has 0 N–H and O–H groups in total. The van der Waals surface area contributed by atoms with Gasteiger partial charge in [0.05, 0.1) is 0 Å². The number of nitrogens with zero attached hydrogens (tertiary/aromatic N) is 2. The quantitative estimate of drug-likeness (QED) is 0.369. The van der Waals surface area contributed by atoms with E-state index in [1.807, 2.05) is 31.2 Å². The molecule has 2 rings (SSSR count). The van der Waals surface area contributed by atoms with Crippen LogP contribution in [0.1, 0.15) is 16.7 Å². The molecule has 0 radical (unpaired) electrons. The number of hydrogen-bond acceptors (Lipinski definition) is 4. The lowest BCUT2D eigenvalue weighted by Gasteiger charge is -2.02. The summed E-state index contributed by atoms with van der Waals surface area (Å²) < 4.78 is 5.20. The van der Waals surface area contributed by atoms with Crippen molar-refractivity contribution in [2.45, 2.75) is 6.92 Å². The van der Waals surface area contributed by atoms with E-state index in [0.717, 1.165) is 11.1 Å². The smallest absolute Gasteiger partial charge is 0.336 e. The number of hydrogen-bond donors (Lipinski definition) is 0. The monoisotopic (exact) mass is 314 g/mol. The summed E-state index contributed by atoms with van der Waals surface area (Å²) in [4.78, 5) is 11.8. The highest BCUT2D eigenvalue weighted by molar-refractivity contribution is 5.88. The van der Waals surface area contributed by atoms with Gasteiger partial charge in [0.25, 0.3) is 0 Å². The van der Waals surface area contributed by atoms with Crippen LogP contribution in [0.5, 0.6) is 5.75 Å². The van der Waals surface area contributed by atoms with Crippen molar-refractivity contribution >= 4 is 18.1 Å². The predicted octanol–water partition coefficient (Wildman–Crippen LogP) is 4.04. The molecule has 0 amide bonds. The number of aryl methyl sites for hydroxylation is 1. The lowest BCUT2D eigenvalue weighted by Crippen LogP contribution is -2.03. The molecule has 0 saturated carbocycles. The minimum absolute atomic E-state index is 0.0146. The molecular weight excluding hydrogens is 300 g/mol. The van der Waals surface area contributed by atoms with Crippen molar-refractivity contribution in [2.75, 3.05) is 0 Å². The van der Waals surface area contributed by atoms with Gasteiger partial charge in [0.15, 0.2) is 0 Å². The Morgan fingerprint density at radius 3 is 2.12 bits per heavy atom. The summed E-state index contributed by atoms with van der Waals surface area (Å²) in [5.74, 6) is -0.0882. The van der Waals surface area contributed by atoms with E-state index in [9.17, 15) is 4.79 Å². The molecule has 0 atom stereocenters. The molecule has 0 aliphatic rings. The average Bonchev–Trinajstić information content (AvgIpc) is 2.60. The first kappa shape index (κ1) is 16.7. The van der Waals surface area contributed by atoms with Crippen LogP contribution in [0.15, 0.2) is 60.2 Å². The van der Waals surface area contributed by atoms with Crippen molar-refractivity contribution in [1.29, 1.82) is 10.5 Å². The molecule has 0 heterocycles. The van der Waals surface area contributed by atoms with Crippen LogP contribution in [-0.2, 0) is 4.79 Å². The van der Waals surface area contributed by atoms with Crippen LogP contribution in [0.3, 0.4) is 0 Å². The third kappa shape index (κ3) is 4.98. The molecule has 0 saturated heterocycles. The van der Waals surface area contributed by atoms with Crippen LogP contribution in [0.25, 0.3) is 12.2 Å². The summed E-state index contributed by atoms with van der Waals surface area (Å²) in [5, 5.41) is 17.4. The first-order valence-corrected chi connectivity index (χ1v) is 7.19. The Morgan fingerprint density at radius 2 is 1.54 bits per heavy atom. The molecule has 0 aliphatic carbocycles. The zero-order chi connectivity index (χ0) is 17.4. The van der Waals surface area contributed by atoms with Gasteiger partial charge in [0.2, 0.25) is 0 Å². The lowest BCUT2D eigenvalue weighted by molar-refractivity contribution is -0.128. The fourth-order valence-corrected chi connectivity index (χ4v) is 1.88. The molecule has 116 valence electrons. The second-order valence-electron chi connectivity index (χ2n) is 5.02. The molecule has 0 spiro atoms. The molecule has 0 fully saturated rings. The Balaban J connectivity index is 2.00. The average molecular weight is 314 g/mol. The standard InChI is InChI=1S/C20H14N2O2/c1-15-2-4-16(5-3-15)8-11-20(23)24-19-9-6-17(7-10-19)12-18(13-21)14-22/h2-12H,1H3/b11-8+. The van der Waals surface area contributed by atoms with Gasteiger partial charge in [-0.3, -0.25) is 0 Å². The van der Waals surface area contributed by atoms with Gasteiger partial charge in [0.1, 0.15) is 23.5 Å². The maximum absolute atomic E-state index is 11.8. The van der Waals surface area contributed by atoms with Gasteiger partial charge < -0.3 is 4.74 Å². The Hall–Kier alpha value is -3.63. The zero-order valence-electron chi connectivity index (χ0n) is 13.1. The van der Waals surface area contributed by atoms with E-state index in [1.165, 1.54) is 12.2 Å². The number of benzene rings is 2. The molecule has 2 aromatic rings. The van der Waals surface area contributed by atoms with Crippen molar-refractivity contribution in [3.63, 3.8) is 0 Å². The molecule has 2 aromatic carbocycles. The Kier molecular flexibility index (Phi) is 5.66. The number of allylic oxidation sites excluding steroid dienone is 1. The van der Waals surface area contributed by atoms with Crippen LogP contribution in [0.2, 0.25) is 0 Å². The SMILES string of the molecule is Cc1ccc(/C=C/C(=O)Oc2ccc(C=C(C#N)C#N)cc2)cc1. The number of carbonyl (C=O) groups is 1. The normalized spacial score (nSPS) is 9.79. The Bertz CT molecular complexity index is 846. The van der Waals surface area contributed by atoms with Crippen molar-refractivity contribution in [1.82, 2.24) is 0 Å². The summed E-state index contributed by atoms with van der Waals surface area (Å²) in [6.45, 7) is 2.00. The van der Waals surface area contributed by atoms with E-state index < -0.39 is 5.97 Å². The Morgan fingerprint density at radius 1 is 0.958 bits per heavy atom. The van der Waals surface area contributed by atoms with E-state index in [1.54, 1.807) is 42.5 Å². The second kappa shape index (κ2) is 8.12. The third-order valence-electron chi connectivity index (χ3n) is 3.14. The van der Waals surface area contributed by atoms with Gasteiger partial charge in [-0.15, -0.1) is 0 Å².